The Morgan fingerprint density at radius 1 is 1.00 bits per heavy atom. The molecule has 0 aromatic heterocycles. The van der Waals surface area contributed by atoms with E-state index in [2.05, 4.69) is 6.58 Å². The third-order valence-electron chi connectivity index (χ3n) is 3.70. The van der Waals surface area contributed by atoms with Crippen LogP contribution in [0.4, 0.5) is 0 Å². The third kappa shape index (κ3) is 2.60. The van der Waals surface area contributed by atoms with Crippen LogP contribution in [0.2, 0.25) is 0 Å². The Kier molecular flexibility index (Phi) is 3.84. The summed E-state index contributed by atoms with van der Waals surface area (Å²) in [5, 5.41) is 1.71. The average molecular weight is 279 g/mol. The standard InChI is InChI=1S/C18H17NO2/c1-2-13-19-17(15-11-7-4-8-12-15)16(18(20)21-19)14-9-5-3-6-10-14/h2-12,16-17H,1,13H2. The monoisotopic (exact) mass is 279 g/mol. The second-order valence-corrected chi connectivity index (χ2v) is 5.04. The van der Waals surface area contributed by atoms with Crippen LogP contribution < -0.4 is 0 Å². The van der Waals surface area contributed by atoms with Crippen LogP contribution in [0.25, 0.3) is 0 Å². The van der Waals surface area contributed by atoms with E-state index >= 15 is 0 Å². The number of rotatable bonds is 4. The van der Waals surface area contributed by atoms with Crippen LogP contribution in [-0.4, -0.2) is 17.6 Å². The molecular weight excluding hydrogens is 262 g/mol. The molecule has 2 unspecified atom stereocenters. The van der Waals surface area contributed by atoms with E-state index in [0.717, 1.165) is 11.1 Å². The van der Waals surface area contributed by atoms with Crippen LogP contribution in [-0.2, 0) is 9.63 Å². The summed E-state index contributed by atoms with van der Waals surface area (Å²) in [6, 6.07) is 19.6. The molecule has 2 atom stereocenters. The maximum atomic E-state index is 12.3. The number of benzene rings is 2. The molecule has 3 nitrogen and oxygen atoms in total. The number of hydrogen-bond acceptors (Lipinski definition) is 3. The topological polar surface area (TPSA) is 29.5 Å². The highest BCUT2D eigenvalue weighted by Crippen LogP contribution is 2.42. The van der Waals surface area contributed by atoms with Crippen molar-refractivity contribution in [1.82, 2.24) is 5.06 Å². The second-order valence-electron chi connectivity index (χ2n) is 5.04. The molecule has 1 aliphatic rings. The van der Waals surface area contributed by atoms with Gasteiger partial charge in [-0.05, 0) is 11.1 Å². The fourth-order valence-electron chi connectivity index (χ4n) is 2.79. The van der Waals surface area contributed by atoms with Gasteiger partial charge in [-0.15, -0.1) is 11.6 Å². The van der Waals surface area contributed by atoms with E-state index in [4.69, 9.17) is 4.84 Å². The van der Waals surface area contributed by atoms with Crippen molar-refractivity contribution in [1.29, 1.82) is 0 Å². The van der Waals surface area contributed by atoms with Crippen molar-refractivity contribution in [3.63, 3.8) is 0 Å². The Balaban J connectivity index is 2.04. The molecule has 1 saturated heterocycles. The van der Waals surface area contributed by atoms with Crippen LogP contribution in [0.5, 0.6) is 0 Å². The van der Waals surface area contributed by atoms with Crippen molar-refractivity contribution < 1.29 is 9.63 Å². The molecule has 0 N–H and O–H groups in total. The van der Waals surface area contributed by atoms with Gasteiger partial charge in [0.25, 0.3) is 0 Å². The number of hydroxylamine groups is 2. The fraction of sp³-hybridized carbons (Fsp3) is 0.167. The van der Waals surface area contributed by atoms with E-state index in [1.807, 2.05) is 60.7 Å². The molecule has 106 valence electrons. The smallest absolute Gasteiger partial charge is 0.334 e. The molecule has 0 bridgehead atoms. The number of nitrogens with zero attached hydrogens (tertiary/aromatic N) is 1. The van der Waals surface area contributed by atoms with Gasteiger partial charge in [-0.3, -0.25) is 0 Å². The van der Waals surface area contributed by atoms with E-state index < -0.39 is 0 Å². The zero-order valence-corrected chi connectivity index (χ0v) is 11.7. The van der Waals surface area contributed by atoms with Gasteiger partial charge in [0.15, 0.2) is 0 Å². The lowest BCUT2D eigenvalue weighted by atomic mass is 9.88. The molecule has 0 radical (unpaired) electrons. The van der Waals surface area contributed by atoms with E-state index in [1.54, 1.807) is 11.1 Å². The molecule has 0 amide bonds. The normalized spacial score (nSPS) is 22.0. The number of carbonyl (C=O) groups is 1. The molecule has 2 aromatic carbocycles. The van der Waals surface area contributed by atoms with Crippen molar-refractivity contribution in [2.75, 3.05) is 6.54 Å². The largest absolute Gasteiger partial charge is 0.366 e. The van der Waals surface area contributed by atoms with Gasteiger partial charge in [0.05, 0.1) is 12.6 Å². The Bertz CT molecular complexity index is 624. The Labute approximate surface area is 124 Å². The van der Waals surface area contributed by atoms with E-state index in [9.17, 15) is 4.79 Å². The molecule has 21 heavy (non-hydrogen) atoms. The summed E-state index contributed by atoms with van der Waals surface area (Å²) in [5.74, 6) is -0.523. The van der Waals surface area contributed by atoms with E-state index in [1.165, 1.54) is 0 Å². The second kappa shape index (κ2) is 5.94. The van der Waals surface area contributed by atoms with Gasteiger partial charge in [-0.25, -0.2) is 4.79 Å². The van der Waals surface area contributed by atoms with Crippen molar-refractivity contribution >= 4 is 5.97 Å². The first kappa shape index (κ1) is 13.6. The molecule has 2 aromatic rings. The van der Waals surface area contributed by atoms with Crippen molar-refractivity contribution in [3.05, 3.63) is 84.4 Å². The van der Waals surface area contributed by atoms with Gasteiger partial charge in [-0.1, -0.05) is 66.7 Å². The van der Waals surface area contributed by atoms with Crippen LogP contribution in [0, 0.1) is 0 Å². The molecule has 3 rings (SSSR count). The summed E-state index contributed by atoms with van der Waals surface area (Å²) in [4.78, 5) is 17.8. The molecule has 1 aliphatic heterocycles. The molecule has 0 spiro atoms. The highest BCUT2D eigenvalue weighted by molar-refractivity contribution is 5.81. The van der Waals surface area contributed by atoms with Gasteiger partial charge >= 0.3 is 5.97 Å². The van der Waals surface area contributed by atoms with Gasteiger partial charge in [0.1, 0.15) is 5.92 Å². The zero-order valence-electron chi connectivity index (χ0n) is 11.7. The highest BCUT2D eigenvalue weighted by Gasteiger charge is 2.44. The zero-order chi connectivity index (χ0) is 14.7. The predicted molar refractivity (Wildman–Crippen MR) is 81.4 cm³/mol. The quantitative estimate of drug-likeness (QED) is 0.803. The van der Waals surface area contributed by atoms with Crippen LogP contribution in [0.15, 0.2) is 73.3 Å². The third-order valence-corrected chi connectivity index (χ3v) is 3.70. The van der Waals surface area contributed by atoms with E-state index in [0.29, 0.717) is 6.54 Å². The summed E-state index contributed by atoms with van der Waals surface area (Å²) in [6.45, 7) is 4.25. The summed E-state index contributed by atoms with van der Waals surface area (Å²) in [7, 11) is 0. The Hall–Kier alpha value is -2.39. The summed E-state index contributed by atoms with van der Waals surface area (Å²) in [5.41, 5.74) is 2.04. The lowest BCUT2D eigenvalue weighted by Crippen LogP contribution is -2.24. The number of hydrogen-bond donors (Lipinski definition) is 0. The molecule has 3 heteroatoms. The van der Waals surface area contributed by atoms with Gasteiger partial charge in [0, 0.05) is 0 Å². The molecule has 0 saturated carbocycles. The minimum atomic E-state index is -0.312. The maximum Gasteiger partial charge on any atom is 0.334 e. The van der Waals surface area contributed by atoms with Crippen LogP contribution >= 0.6 is 0 Å². The first-order chi connectivity index (χ1) is 10.3. The predicted octanol–water partition coefficient (Wildman–Crippen LogP) is 3.47. The molecule has 1 heterocycles. The molecular formula is C18H17NO2. The lowest BCUT2D eigenvalue weighted by Gasteiger charge is -2.23. The SMILES string of the molecule is C=CCN1OC(=O)C(c2ccccc2)C1c1ccccc1. The maximum absolute atomic E-state index is 12.3. The van der Waals surface area contributed by atoms with Crippen LogP contribution in [0.3, 0.4) is 0 Å². The van der Waals surface area contributed by atoms with Crippen molar-refractivity contribution in [3.8, 4) is 0 Å². The Morgan fingerprint density at radius 2 is 1.57 bits per heavy atom. The Morgan fingerprint density at radius 3 is 2.14 bits per heavy atom. The average Bonchev–Trinajstić information content (AvgIpc) is 2.86. The number of carbonyl (C=O) groups excluding carboxylic acids is 1. The minimum absolute atomic E-state index is 0.126. The van der Waals surface area contributed by atoms with Gasteiger partial charge in [-0.2, -0.15) is 0 Å². The summed E-state index contributed by atoms with van der Waals surface area (Å²) >= 11 is 0. The lowest BCUT2D eigenvalue weighted by molar-refractivity contribution is -0.173. The fourth-order valence-corrected chi connectivity index (χ4v) is 2.79. The van der Waals surface area contributed by atoms with Gasteiger partial charge < -0.3 is 4.84 Å². The highest BCUT2D eigenvalue weighted by atomic mass is 16.7. The van der Waals surface area contributed by atoms with Crippen LogP contribution in [0.1, 0.15) is 23.1 Å². The molecule has 1 fully saturated rings. The van der Waals surface area contributed by atoms with E-state index in [-0.39, 0.29) is 17.9 Å². The summed E-state index contributed by atoms with van der Waals surface area (Å²) in [6.07, 6.45) is 1.75. The first-order valence-corrected chi connectivity index (χ1v) is 7.00. The summed E-state index contributed by atoms with van der Waals surface area (Å²) < 4.78 is 0. The van der Waals surface area contributed by atoms with Crippen molar-refractivity contribution in [2.45, 2.75) is 12.0 Å². The molecule has 0 aliphatic carbocycles. The minimum Gasteiger partial charge on any atom is -0.366 e. The van der Waals surface area contributed by atoms with Crippen molar-refractivity contribution in [2.24, 2.45) is 0 Å². The van der Waals surface area contributed by atoms with Gasteiger partial charge in [0.2, 0.25) is 0 Å². The first-order valence-electron chi connectivity index (χ1n) is 7.00.